The number of hydrogen-bond donors (Lipinski definition) is 1. The van der Waals surface area contributed by atoms with Gasteiger partial charge in [0, 0.05) is 25.0 Å². The highest BCUT2D eigenvalue weighted by molar-refractivity contribution is 5.60. The molecule has 1 aliphatic carbocycles. The number of rotatable bonds is 3. The van der Waals surface area contributed by atoms with Crippen LogP contribution in [-0.2, 0) is 4.79 Å². The van der Waals surface area contributed by atoms with Crippen LogP contribution in [0.2, 0.25) is 0 Å². The molecule has 0 amide bonds. The van der Waals surface area contributed by atoms with Crippen molar-refractivity contribution in [3.05, 3.63) is 0 Å². The Hall–Kier alpha value is -0.410. The Morgan fingerprint density at radius 2 is 2.07 bits per heavy atom. The molecular formula is C12H21NO2. The van der Waals surface area contributed by atoms with Gasteiger partial charge < -0.3 is 9.90 Å². The maximum atomic E-state index is 11.3. The van der Waals surface area contributed by atoms with E-state index in [4.69, 9.17) is 0 Å². The molecule has 1 N–H and O–H groups in total. The van der Waals surface area contributed by atoms with Crippen molar-refractivity contribution in [2.45, 2.75) is 44.6 Å². The Balaban J connectivity index is 1.92. The summed E-state index contributed by atoms with van der Waals surface area (Å²) in [5, 5.41) is 9.46. The summed E-state index contributed by atoms with van der Waals surface area (Å²) >= 11 is 0. The van der Waals surface area contributed by atoms with E-state index < -0.39 is 0 Å². The Labute approximate surface area is 91.5 Å². The molecule has 15 heavy (non-hydrogen) atoms. The molecule has 3 heteroatoms. The number of aldehydes is 1. The molecule has 3 nitrogen and oxygen atoms in total. The highest BCUT2D eigenvalue weighted by Gasteiger charge is 2.35. The number of aliphatic hydroxyl groups excluding tert-OH is 1. The van der Waals surface area contributed by atoms with Gasteiger partial charge in [-0.1, -0.05) is 19.3 Å². The first-order valence-electron chi connectivity index (χ1n) is 6.11. The van der Waals surface area contributed by atoms with Gasteiger partial charge in [0.25, 0.3) is 0 Å². The van der Waals surface area contributed by atoms with Crippen molar-refractivity contribution in [3.63, 3.8) is 0 Å². The molecule has 1 heterocycles. The monoisotopic (exact) mass is 211 g/mol. The topological polar surface area (TPSA) is 40.5 Å². The number of aliphatic hydroxyl groups is 1. The van der Waals surface area contributed by atoms with Crippen molar-refractivity contribution in [1.82, 2.24) is 4.90 Å². The summed E-state index contributed by atoms with van der Waals surface area (Å²) in [6.45, 7) is 2.58. The molecule has 0 bridgehead atoms. The fraction of sp³-hybridized carbons (Fsp3) is 0.917. The van der Waals surface area contributed by atoms with E-state index in [1.807, 2.05) is 0 Å². The van der Waals surface area contributed by atoms with E-state index in [0.29, 0.717) is 0 Å². The van der Waals surface area contributed by atoms with E-state index in [0.717, 1.165) is 38.9 Å². The van der Waals surface area contributed by atoms with Gasteiger partial charge in [0.05, 0.1) is 6.10 Å². The van der Waals surface area contributed by atoms with Gasteiger partial charge in [-0.05, 0) is 19.3 Å². The molecule has 1 atom stereocenters. The van der Waals surface area contributed by atoms with Crippen LogP contribution in [0.1, 0.15) is 38.5 Å². The molecule has 0 aromatic rings. The van der Waals surface area contributed by atoms with E-state index in [2.05, 4.69) is 4.90 Å². The smallest absolute Gasteiger partial charge is 0.127 e. The van der Waals surface area contributed by atoms with Gasteiger partial charge in [-0.2, -0.15) is 0 Å². The van der Waals surface area contributed by atoms with E-state index in [1.54, 1.807) is 0 Å². The van der Waals surface area contributed by atoms with Gasteiger partial charge in [0.15, 0.2) is 0 Å². The quantitative estimate of drug-likeness (QED) is 0.713. The molecule has 86 valence electrons. The van der Waals surface area contributed by atoms with E-state index in [-0.39, 0.29) is 11.5 Å². The maximum absolute atomic E-state index is 11.3. The van der Waals surface area contributed by atoms with Crippen LogP contribution in [0.15, 0.2) is 0 Å². The average molecular weight is 211 g/mol. The number of nitrogens with zero attached hydrogens (tertiary/aromatic N) is 1. The van der Waals surface area contributed by atoms with Crippen LogP contribution >= 0.6 is 0 Å². The van der Waals surface area contributed by atoms with Crippen molar-refractivity contribution in [2.75, 3.05) is 19.6 Å². The molecule has 0 radical (unpaired) electrons. The first kappa shape index (κ1) is 11.1. The van der Waals surface area contributed by atoms with Crippen molar-refractivity contribution < 1.29 is 9.90 Å². The molecule has 0 spiro atoms. The zero-order valence-corrected chi connectivity index (χ0v) is 9.32. The summed E-state index contributed by atoms with van der Waals surface area (Å²) in [5.74, 6) is 0. The summed E-state index contributed by atoms with van der Waals surface area (Å²) in [6, 6.07) is 0. The third-order valence-corrected chi connectivity index (χ3v) is 3.89. The third kappa shape index (κ3) is 2.58. The van der Waals surface area contributed by atoms with Crippen LogP contribution in [0.5, 0.6) is 0 Å². The second-order valence-electron chi connectivity index (χ2n) is 5.22. The SMILES string of the molecule is O=CC1(CN2CCC(O)C2)CCCCC1. The van der Waals surface area contributed by atoms with Crippen LogP contribution < -0.4 is 0 Å². The van der Waals surface area contributed by atoms with Crippen LogP contribution in [-0.4, -0.2) is 42.0 Å². The second kappa shape index (κ2) is 4.62. The van der Waals surface area contributed by atoms with Crippen LogP contribution in [0.3, 0.4) is 0 Å². The summed E-state index contributed by atoms with van der Waals surface area (Å²) in [4.78, 5) is 13.5. The van der Waals surface area contributed by atoms with E-state index in [1.165, 1.54) is 25.5 Å². The Kier molecular flexibility index (Phi) is 3.42. The molecule has 2 aliphatic rings. The fourth-order valence-electron chi connectivity index (χ4n) is 2.97. The minimum Gasteiger partial charge on any atom is -0.392 e. The summed E-state index contributed by atoms with van der Waals surface area (Å²) in [6.07, 6.45) is 7.62. The number of hydrogen-bond acceptors (Lipinski definition) is 3. The second-order valence-corrected chi connectivity index (χ2v) is 5.22. The molecule has 1 saturated heterocycles. The van der Waals surface area contributed by atoms with Crippen molar-refractivity contribution in [2.24, 2.45) is 5.41 Å². The normalized spacial score (nSPS) is 31.7. The van der Waals surface area contributed by atoms with Gasteiger partial charge in [-0.25, -0.2) is 0 Å². The Morgan fingerprint density at radius 1 is 1.33 bits per heavy atom. The van der Waals surface area contributed by atoms with Crippen molar-refractivity contribution in [3.8, 4) is 0 Å². The molecule has 1 aliphatic heterocycles. The number of carbonyl (C=O) groups is 1. The highest BCUT2D eigenvalue weighted by atomic mass is 16.3. The van der Waals surface area contributed by atoms with Crippen LogP contribution in [0.25, 0.3) is 0 Å². The molecule has 2 rings (SSSR count). The third-order valence-electron chi connectivity index (χ3n) is 3.89. The summed E-state index contributed by atoms with van der Waals surface area (Å²) in [5.41, 5.74) is -0.0949. The molecule has 1 unspecified atom stereocenters. The predicted molar refractivity (Wildman–Crippen MR) is 58.6 cm³/mol. The molecular weight excluding hydrogens is 190 g/mol. The lowest BCUT2D eigenvalue weighted by atomic mass is 9.75. The minimum atomic E-state index is -0.169. The average Bonchev–Trinajstić information content (AvgIpc) is 2.65. The van der Waals surface area contributed by atoms with Crippen molar-refractivity contribution in [1.29, 1.82) is 0 Å². The molecule has 0 aromatic heterocycles. The van der Waals surface area contributed by atoms with Crippen LogP contribution in [0, 0.1) is 5.41 Å². The van der Waals surface area contributed by atoms with Gasteiger partial charge in [-0.3, -0.25) is 4.90 Å². The molecule has 0 aromatic carbocycles. The number of carbonyl (C=O) groups excluding carboxylic acids is 1. The fourth-order valence-corrected chi connectivity index (χ4v) is 2.97. The van der Waals surface area contributed by atoms with Gasteiger partial charge in [0.1, 0.15) is 6.29 Å². The first-order chi connectivity index (χ1) is 7.24. The number of β-amino-alcohol motifs (C(OH)–C–C–N with tert-alkyl or cyclic N) is 1. The Bertz CT molecular complexity index is 224. The van der Waals surface area contributed by atoms with Crippen LogP contribution in [0.4, 0.5) is 0 Å². The zero-order valence-electron chi connectivity index (χ0n) is 9.32. The summed E-state index contributed by atoms with van der Waals surface area (Å²) in [7, 11) is 0. The largest absolute Gasteiger partial charge is 0.392 e. The first-order valence-corrected chi connectivity index (χ1v) is 6.11. The van der Waals surface area contributed by atoms with Gasteiger partial charge >= 0.3 is 0 Å². The van der Waals surface area contributed by atoms with Gasteiger partial charge in [0.2, 0.25) is 0 Å². The zero-order chi connectivity index (χ0) is 10.7. The standard InChI is InChI=1S/C12H21NO2/c14-10-12(5-2-1-3-6-12)9-13-7-4-11(15)8-13/h10-11,15H,1-9H2. The highest BCUT2D eigenvalue weighted by Crippen LogP contribution is 2.35. The number of likely N-dealkylation sites (tertiary alicyclic amines) is 1. The summed E-state index contributed by atoms with van der Waals surface area (Å²) < 4.78 is 0. The van der Waals surface area contributed by atoms with Gasteiger partial charge in [-0.15, -0.1) is 0 Å². The lowest BCUT2D eigenvalue weighted by molar-refractivity contribution is -0.119. The predicted octanol–water partition coefficient (Wildman–Crippen LogP) is 1.20. The minimum absolute atomic E-state index is 0.0949. The Morgan fingerprint density at radius 3 is 2.60 bits per heavy atom. The lowest BCUT2D eigenvalue weighted by Gasteiger charge is -2.35. The molecule has 1 saturated carbocycles. The van der Waals surface area contributed by atoms with Crippen molar-refractivity contribution >= 4 is 6.29 Å². The molecule has 2 fully saturated rings. The maximum Gasteiger partial charge on any atom is 0.127 e. The lowest BCUT2D eigenvalue weighted by Crippen LogP contribution is -2.39. The van der Waals surface area contributed by atoms with E-state index >= 15 is 0 Å². The van der Waals surface area contributed by atoms with E-state index in [9.17, 15) is 9.90 Å².